The number of rotatable bonds is 8. The molecule has 0 saturated carbocycles. The number of hydrogen-bond donors (Lipinski definition) is 1. The maximum Gasteiger partial charge on any atom is 0.277 e. The van der Waals surface area contributed by atoms with E-state index in [1.54, 1.807) is 22.9 Å². The predicted molar refractivity (Wildman–Crippen MR) is 114 cm³/mol. The number of amides is 1. The molecule has 2 aromatic carbocycles. The van der Waals surface area contributed by atoms with Crippen LogP contribution in [0.2, 0.25) is 0 Å². The Hall–Kier alpha value is -3.94. The standard InChI is InChI=1S/C22H22N4O4/c1-16(2)17-5-11-21(12-6-17)30-15-22(27)24-23-14-20-4-3-13-25(20)18-7-9-19(10-8-18)26(28)29/h3-14,16H,15H2,1-2H3,(H,24,27)/b23-14+. The summed E-state index contributed by atoms with van der Waals surface area (Å²) in [6.45, 7) is 4.07. The lowest BCUT2D eigenvalue weighted by Crippen LogP contribution is -2.24. The number of benzene rings is 2. The number of nitro benzene ring substituents is 1. The monoisotopic (exact) mass is 406 g/mol. The second-order valence-corrected chi connectivity index (χ2v) is 6.88. The zero-order valence-electron chi connectivity index (χ0n) is 16.7. The highest BCUT2D eigenvalue weighted by Gasteiger charge is 2.07. The molecule has 0 aliphatic rings. The summed E-state index contributed by atoms with van der Waals surface area (Å²) < 4.78 is 7.27. The quantitative estimate of drug-likeness (QED) is 0.347. The van der Waals surface area contributed by atoms with E-state index in [9.17, 15) is 14.9 Å². The fraction of sp³-hybridized carbons (Fsp3) is 0.182. The first kappa shape index (κ1) is 20.8. The first-order valence-corrected chi connectivity index (χ1v) is 9.41. The van der Waals surface area contributed by atoms with Crippen LogP contribution in [0.15, 0.2) is 72.0 Å². The van der Waals surface area contributed by atoms with Crippen LogP contribution in [0.4, 0.5) is 5.69 Å². The molecule has 0 aliphatic carbocycles. The molecule has 154 valence electrons. The molecule has 8 nitrogen and oxygen atoms in total. The molecule has 1 aromatic heterocycles. The maximum absolute atomic E-state index is 12.0. The van der Waals surface area contributed by atoms with Crippen LogP contribution in [0.1, 0.15) is 31.0 Å². The number of nitro groups is 1. The van der Waals surface area contributed by atoms with Crippen molar-refractivity contribution in [1.29, 1.82) is 0 Å². The van der Waals surface area contributed by atoms with Crippen LogP contribution in [-0.2, 0) is 4.79 Å². The maximum atomic E-state index is 12.0. The van der Waals surface area contributed by atoms with E-state index in [0.29, 0.717) is 17.4 Å². The number of hydrazone groups is 1. The number of ether oxygens (including phenoxy) is 1. The Morgan fingerprint density at radius 3 is 2.50 bits per heavy atom. The molecule has 0 unspecified atom stereocenters. The average molecular weight is 406 g/mol. The number of nitrogens with zero attached hydrogens (tertiary/aromatic N) is 3. The van der Waals surface area contributed by atoms with E-state index >= 15 is 0 Å². The fourth-order valence-corrected chi connectivity index (χ4v) is 2.77. The minimum atomic E-state index is -0.446. The van der Waals surface area contributed by atoms with Crippen molar-refractivity contribution in [3.8, 4) is 11.4 Å². The van der Waals surface area contributed by atoms with Crippen LogP contribution >= 0.6 is 0 Å². The van der Waals surface area contributed by atoms with Gasteiger partial charge in [0.15, 0.2) is 6.61 Å². The third-order valence-electron chi connectivity index (χ3n) is 4.42. The van der Waals surface area contributed by atoms with Gasteiger partial charge in [0.1, 0.15) is 5.75 Å². The SMILES string of the molecule is CC(C)c1ccc(OCC(=O)N/N=C/c2cccn2-c2ccc([N+](=O)[O-])cc2)cc1. The van der Waals surface area contributed by atoms with Crippen LogP contribution in [0.5, 0.6) is 5.75 Å². The van der Waals surface area contributed by atoms with Gasteiger partial charge in [-0.3, -0.25) is 14.9 Å². The van der Waals surface area contributed by atoms with Gasteiger partial charge in [0.25, 0.3) is 11.6 Å². The lowest BCUT2D eigenvalue weighted by molar-refractivity contribution is -0.384. The van der Waals surface area contributed by atoms with E-state index in [1.165, 1.54) is 23.9 Å². The number of non-ortho nitro benzene ring substituents is 1. The zero-order valence-corrected chi connectivity index (χ0v) is 16.7. The van der Waals surface area contributed by atoms with Gasteiger partial charge in [-0.25, -0.2) is 5.43 Å². The first-order valence-electron chi connectivity index (χ1n) is 9.41. The second kappa shape index (κ2) is 9.51. The molecular formula is C22H22N4O4. The molecule has 1 amide bonds. The molecule has 0 saturated heterocycles. The minimum Gasteiger partial charge on any atom is -0.484 e. The summed E-state index contributed by atoms with van der Waals surface area (Å²) in [5.41, 5.74) is 5.09. The Kier molecular flexibility index (Phi) is 6.59. The zero-order chi connectivity index (χ0) is 21.5. The van der Waals surface area contributed by atoms with Gasteiger partial charge in [-0.2, -0.15) is 5.10 Å². The first-order chi connectivity index (χ1) is 14.4. The van der Waals surface area contributed by atoms with Crippen molar-refractivity contribution in [2.45, 2.75) is 19.8 Å². The second-order valence-electron chi connectivity index (χ2n) is 6.88. The highest BCUT2D eigenvalue weighted by Crippen LogP contribution is 2.19. The largest absolute Gasteiger partial charge is 0.484 e. The Labute approximate surface area is 173 Å². The summed E-state index contributed by atoms with van der Waals surface area (Å²) in [6.07, 6.45) is 3.30. The summed E-state index contributed by atoms with van der Waals surface area (Å²) >= 11 is 0. The van der Waals surface area contributed by atoms with E-state index in [1.807, 2.05) is 36.4 Å². The Morgan fingerprint density at radius 1 is 1.17 bits per heavy atom. The van der Waals surface area contributed by atoms with E-state index in [4.69, 9.17) is 4.74 Å². The van der Waals surface area contributed by atoms with Crippen molar-refractivity contribution in [2.75, 3.05) is 6.61 Å². The van der Waals surface area contributed by atoms with Gasteiger partial charge in [-0.05, 0) is 47.9 Å². The Bertz CT molecular complexity index is 1040. The number of hydrogen-bond acceptors (Lipinski definition) is 5. The molecule has 3 rings (SSSR count). The van der Waals surface area contributed by atoms with E-state index in [2.05, 4.69) is 24.4 Å². The van der Waals surface area contributed by atoms with E-state index < -0.39 is 4.92 Å². The summed E-state index contributed by atoms with van der Waals surface area (Å²) in [5, 5.41) is 14.7. The number of carbonyl (C=O) groups excluding carboxylic acids is 1. The van der Waals surface area contributed by atoms with Gasteiger partial charge < -0.3 is 9.30 Å². The van der Waals surface area contributed by atoms with Crippen LogP contribution < -0.4 is 10.2 Å². The van der Waals surface area contributed by atoms with Crippen molar-refractivity contribution in [1.82, 2.24) is 9.99 Å². The van der Waals surface area contributed by atoms with Crippen LogP contribution in [-0.4, -0.2) is 28.2 Å². The van der Waals surface area contributed by atoms with Gasteiger partial charge in [0, 0.05) is 24.0 Å². The molecule has 0 atom stereocenters. The molecular weight excluding hydrogens is 384 g/mol. The minimum absolute atomic E-state index is 0.0206. The predicted octanol–water partition coefficient (Wildman–Crippen LogP) is 4.04. The summed E-state index contributed by atoms with van der Waals surface area (Å²) in [5.74, 6) is 0.667. The van der Waals surface area contributed by atoms with Crippen molar-refractivity contribution in [2.24, 2.45) is 5.10 Å². The third kappa shape index (κ3) is 5.32. The highest BCUT2D eigenvalue weighted by molar-refractivity contribution is 5.82. The molecule has 0 fully saturated rings. The molecule has 0 spiro atoms. The molecule has 1 N–H and O–H groups in total. The summed E-state index contributed by atoms with van der Waals surface area (Å²) in [7, 11) is 0. The normalized spacial score (nSPS) is 11.0. The van der Waals surface area contributed by atoms with E-state index in [-0.39, 0.29) is 18.2 Å². The summed E-state index contributed by atoms with van der Waals surface area (Å²) in [4.78, 5) is 22.3. The van der Waals surface area contributed by atoms with Crippen LogP contribution in [0, 0.1) is 10.1 Å². The van der Waals surface area contributed by atoms with Crippen LogP contribution in [0.25, 0.3) is 5.69 Å². The van der Waals surface area contributed by atoms with Gasteiger partial charge >= 0.3 is 0 Å². The lowest BCUT2D eigenvalue weighted by atomic mass is 10.0. The fourth-order valence-electron chi connectivity index (χ4n) is 2.77. The topological polar surface area (TPSA) is 98.8 Å². The smallest absolute Gasteiger partial charge is 0.277 e. The molecule has 8 heteroatoms. The van der Waals surface area contributed by atoms with Gasteiger partial charge in [-0.15, -0.1) is 0 Å². The number of nitrogens with one attached hydrogen (secondary N) is 1. The van der Waals surface area contributed by atoms with Crippen molar-refractivity contribution in [3.05, 3.63) is 88.2 Å². The Morgan fingerprint density at radius 2 is 1.87 bits per heavy atom. The molecule has 0 bridgehead atoms. The average Bonchev–Trinajstić information content (AvgIpc) is 3.21. The summed E-state index contributed by atoms with van der Waals surface area (Å²) in [6, 6.07) is 17.4. The molecule has 0 radical (unpaired) electrons. The molecule has 1 heterocycles. The number of carbonyl (C=O) groups is 1. The van der Waals surface area contributed by atoms with Crippen LogP contribution in [0.3, 0.4) is 0 Å². The van der Waals surface area contributed by atoms with Crippen molar-refractivity contribution in [3.63, 3.8) is 0 Å². The molecule has 0 aliphatic heterocycles. The van der Waals surface area contributed by atoms with Crippen molar-refractivity contribution >= 4 is 17.8 Å². The van der Waals surface area contributed by atoms with Gasteiger partial charge in [-0.1, -0.05) is 26.0 Å². The Balaban J connectivity index is 1.55. The highest BCUT2D eigenvalue weighted by atomic mass is 16.6. The number of aromatic nitrogens is 1. The third-order valence-corrected chi connectivity index (χ3v) is 4.42. The molecule has 30 heavy (non-hydrogen) atoms. The van der Waals surface area contributed by atoms with Gasteiger partial charge in [0.05, 0.1) is 16.8 Å². The van der Waals surface area contributed by atoms with Crippen molar-refractivity contribution < 1.29 is 14.5 Å². The van der Waals surface area contributed by atoms with Gasteiger partial charge in [0.2, 0.25) is 0 Å². The molecule has 3 aromatic rings. The van der Waals surface area contributed by atoms with E-state index in [0.717, 1.165) is 5.69 Å². The lowest BCUT2D eigenvalue weighted by Gasteiger charge is -2.08.